The second-order valence-corrected chi connectivity index (χ2v) is 9.77. The quantitative estimate of drug-likeness (QED) is 0.175. The first kappa shape index (κ1) is 28.6. The highest BCUT2D eigenvalue weighted by Gasteiger charge is 2.22. The lowest BCUT2D eigenvalue weighted by Crippen LogP contribution is -2.42. The maximum atomic E-state index is 12.9. The maximum absolute atomic E-state index is 12.9. The second kappa shape index (κ2) is 13.6. The van der Waals surface area contributed by atoms with Crippen LogP contribution >= 0.6 is 23.8 Å². The molecule has 4 N–H and O–H groups in total. The van der Waals surface area contributed by atoms with Crippen molar-refractivity contribution in [1.29, 1.82) is 0 Å². The van der Waals surface area contributed by atoms with E-state index < -0.39 is 17.9 Å². The van der Waals surface area contributed by atoms with E-state index in [4.69, 9.17) is 28.6 Å². The summed E-state index contributed by atoms with van der Waals surface area (Å²) >= 11 is 11.7. The van der Waals surface area contributed by atoms with Crippen molar-refractivity contribution in [2.24, 2.45) is 0 Å². The molecule has 0 unspecified atom stereocenters. The van der Waals surface area contributed by atoms with Gasteiger partial charge in [-0.15, -0.1) is 0 Å². The summed E-state index contributed by atoms with van der Waals surface area (Å²) < 4.78 is 5.43. The number of hydrogen-bond acceptors (Lipinski definition) is 4. The van der Waals surface area contributed by atoms with Crippen LogP contribution in [0.5, 0.6) is 5.75 Å². The third kappa shape index (κ3) is 7.59. The molecule has 0 aliphatic heterocycles. The average molecular weight is 574 g/mol. The number of carboxylic acids is 1. The topological polar surface area (TPSA) is 99.7 Å². The molecule has 0 radical (unpaired) electrons. The van der Waals surface area contributed by atoms with Gasteiger partial charge in [0.1, 0.15) is 11.8 Å². The van der Waals surface area contributed by atoms with Crippen LogP contribution in [0.1, 0.15) is 21.5 Å². The summed E-state index contributed by atoms with van der Waals surface area (Å²) in [7, 11) is 1.61. The van der Waals surface area contributed by atoms with E-state index >= 15 is 0 Å². The summed E-state index contributed by atoms with van der Waals surface area (Å²) in [5.41, 5.74) is 4.46. The van der Waals surface area contributed by atoms with Gasteiger partial charge >= 0.3 is 5.97 Å². The highest BCUT2D eigenvalue weighted by Crippen LogP contribution is 2.29. The molecule has 0 saturated carbocycles. The van der Waals surface area contributed by atoms with Gasteiger partial charge in [-0.3, -0.25) is 4.79 Å². The van der Waals surface area contributed by atoms with Gasteiger partial charge in [0.2, 0.25) is 0 Å². The van der Waals surface area contributed by atoms with E-state index in [1.807, 2.05) is 78.9 Å². The van der Waals surface area contributed by atoms with Gasteiger partial charge in [-0.05, 0) is 53.2 Å². The summed E-state index contributed by atoms with van der Waals surface area (Å²) in [6, 6.07) is 28.6. The molecule has 0 spiro atoms. The van der Waals surface area contributed by atoms with E-state index in [2.05, 4.69) is 16.0 Å². The fraction of sp³-hybridized carbons (Fsp3) is 0.129. The molecule has 4 aromatic carbocycles. The summed E-state index contributed by atoms with van der Waals surface area (Å²) in [5, 5.41) is 19.1. The minimum atomic E-state index is -1.15. The minimum Gasteiger partial charge on any atom is -0.496 e. The molecule has 0 bridgehead atoms. The molecule has 4 aromatic rings. The van der Waals surface area contributed by atoms with Gasteiger partial charge in [0.05, 0.1) is 17.7 Å². The number of carbonyl (C=O) groups excluding carboxylic acids is 1. The van der Waals surface area contributed by atoms with Crippen LogP contribution in [0, 0.1) is 0 Å². The lowest BCUT2D eigenvalue weighted by atomic mass is 10.00. The molecule has 4 rings (SSSR count). The zero-order valence-electron chi connectivity index (χ0n) is 21.7. The molecule has 9 heteroatoms. The number of anilines is 1. The molecule has 0 aliphatic carbocycles. The van der Waals surface area contributed by atoms with Gasteiger partial charge in [0, 0.05) is 24.2 Å². The number of nitrogens with one attached hydrogen (secondary N) is 3. The molecule has 0 aliphatic rings. The first-order valence-electron chi connectivity index (χ1n) is 12.5. The maximum Gasteiger partial charge on any atom is 0.326 e. The first-order chi connectivity index (χ1) is 19.3. The normalized spacial score (nSPS) is 11.2. The number of hydrogen-bond donors (Lipinski definition) is 4. The SMILES string of the molecule is COc1ccccc1-c1ccc(C[C@H](NC(=O)c2ccc(NC(=S)NCc3ccccc3)cc2Cl)C(=O)O)cc1. The lowest BCUT2D eigenvalue weighted by Gasteiger charge is -2.16. The van der Waals surface area contributed by atoms with Crippen LogP contribution in [0.25, 0.3) is 11.1 Å². The average Bonchev–Trinajstić information content (AvgIpc) is 2.96. The van der Waals surface area contributed by atoms with E-state index in [0.717, 1.165) is 28.0 Å². The van der Waals surface area contributed by atoms with Crippen LogP contribution < -0.4 is 20.7 Å². The Morgan fingerprint density at radius 2 is 1.62 bits per heavy atom. The Hall–Kier alpha value is -4.40. The monoisotopic (exact) mass is 573 g/mol. The zero-order valence-corrected chi connectivity index (χ0v) is 23.3. The van der Waals surface area contributed by atoms with Crippen LogP contribution in [-0.2, 0) is 17.8 Å². The smallest absolute Gasteiger partial charge is 0.326 e. The minimum absolute atomic E-state index is 0.103. The van der Waals surface area contributed by atoms with E-state index in [0.29, 0.717) is 17.3 Å². The van der Waals surface area contributed by atoms with Gasteiger partial charge < -0.3 is 25.8 Å². The zero-order chi connectivity index (χ0) is 28.5. The molecule has 40 heavy (non-hydrogen) atoms. The molecule has 7 nitrogen and oxygen atoms in total. The second-order valence-electron chi connectivity index (χ2n) is 8.95. The van der Waals surface area contributed by atoms with Crippen molar-refractivity contribution < 1.29 is 19.4 Å². The summed E-state index contributed by atoms with van der Waals surface area (Å²) in [4.78, 5) is 24.9. The number of ether oxygens (including phenoxy) is 1. The number of benzene rings is 4. The number of halogens is 1. The molecular formula is C31H28ClN3O4S. The molecule has 1 atom stereocenters. The van der Waals surface area contributed by atoms with Crippen LogP contribution in [-0.4, -0.2) is 35.2 Å². The Bertz CT molecular complexity index is 1500. The Morgan fingerprint density at radius 3 is 2.30 bits per heavy atom. The van der Waals surface area contributed by atoms with Gasteiger partial charge in [-0.1, -0.05) is 84.4 Å². The molecule has 0 aromatic heterocycles. The van der Waals surface area contributed by atoms with Gasteiger partial charge in [-0.2, -0.15) is 0 Å². The molecule has 0 heterocycles. The van der Waals surface area contributed by atoms with Crippen molar-refractivity contribution >= 4 is 46.5 Å². The van der Waals surface area contributed by atoms with Crippen molar-refractivity contribution in [3.05, 3.63) is 119 Å². The molecule has 0 fully saturated rings. The van der Waals surface area contributed by atoms with E-state index in [1.54, 1.807) is 19.2 Å². The Kier molecular flexibility index (Phi) is 9.72. The first-order valence-corrected chi connectivity index (χ1v) is 13.3. The van der Waals surface area contributed by atoms with Gasteiger partial charge in [0.15, 0.2) is 5.11 Å². The van der Waals surface area contributed by atoms with E-state index in [-0.39, 0.29) is 17.0 Å². The standard InChI is InChI=1S/C31H28ClN3O4S/c1-39-28-10-6-5-9-24(28)22-13-11-20(12-14-22)17-27(30(37)38)35-29(36)25-16-15-23(18-26(25)32)34-31(40)33-19-21-7-3-2-4-8-21/h2-16,18,27H,17,19H2,1H3,(H,35,36)(H,37,38)(H2,33,34,40)/t27-/m0/s1. The molecular weight excluding hydrogens is 546 g/mol. The summed E-state index contributed by atoms with van der Waals surface area (Å²) in [6.07, 6.45) is 0.103. The van der Waals surface area contributed by atoms with Crippen molar-refractivity contribution in [2.75, 3.05) is 12.4 Å². The number of rotatable bonds is 10. The number of carbonyl (C=O) groups is 2. The van der Waals surface area contributed by atoms with Crippen molar-refractivity contribution in [3.63, 3.8) is 0 Å². The van der Waals surface area contributed by atoms with Crippen molar-refractivity contribution in [2.45, 2.75) is 19.0 Å². The number of methoxy groups -OCH3 is 1. The summed E-state index contributed by atoms with van der Waals surface area (Å²) in [6.45, 7) is 0.556. The largest absolute Gasteiger partial charge is 0.496 e. The fourth-order valence-corrected chi connectivity index (χ4v) is 4.56. The molecule has 204 valence electrons. The Morgan fingerprint density at radius 1 is 0.925 bits per heavy atom. The predicted octanol–water partition coefficient (Wildman–Crippen LogP) is 5.93. The van der Waals surface area contributed by atoms with Crippen LogP contribution in [0.4, 0.5) is 5.69 Å². The number of aliphatic carboxylic acids is 1. The number of para-hydroxylation sites is 1. The molecule has 1 amide bonds. The van der Waals surface area contributed by atoms with Crippen LogP contribution in [0.2, 0.25) is 5.02 Å². The highest BCUT2D eigenvalue weighted by molar-refractivity contribution is 7.80. The van der Waals surface area contributed by atoms with E-state index in [9.17, 15) is 14.7 Å². The van der Waals surface area contributed by atoms with Gasteiger partial charge in [-0.25, -0.2) is 4.79 Å². The number of thiocarbonyl (C=S) groups is 1. The third-order valence-electron chi connectivity index (χ3n) is 6.18. The highest BCUT2D eigenvalue weighted by atomic mass is 35.5. The predicted molar refractivity (Wildman–Crippen MR) is 162 cm³/mol. The fourth-order valence-electron chi connectivity index (χ4n) is 4.11. The molecule has 0 saturated heterocycles. The van der Waals surface area contributed by atoms with Gasteiger partial charge in [0.25, 0.3) is 5.91 Å². The van der Waals surface area contributed by atoms with Crippen molar-refractivity contribution in [3.8, 4) is 16.9 Å². The Balaban J connectivity index is 1.37. The lowest BCUT2D eigenvalue weighted by molar-refractivity contribution is -0.139. The third-order valence-corrected chi connectivity index (χ3v) is 6.74. The number of carboxylic acid groups (broad SMARTS) is 1. The number of amides is 1. The van der Waals surface area contributed by atoms with Crippen LogP contribution in [0.3, 0.4) is 0 Å². The van der Waals surface area contributed by atoms with Crippen molar-refractivity contribution in [1.82, 2.24) is 10.6 Å². The Labute approximate surface area is 243 Å². The summed E-state index contributed by atoms with van der Waals surface area (Å²) in [5.74, 6) is -0.986. The van der Waals surface area contributed by atoms with E-state index in [1.165, 1.54) is 6.07 Å². The van der Waals surface area contributed by atoms with Crippen LogP contribution in [0.15, 0.2) is 97.1 Å².